The molecule has 1 N–H and O–H groups in total. The highest BCUT2D eigenvalue weighted by atomic mass is 16.5. The molecule has 32 heavy (non-hydrogen) atoms. The Morgan fingerprint density at radius 1 is 0.844 bits per heavy atom. The zero-order valence-electron chi connectivity index (χ0n) is 18.2. The number of carbonyl (C=O) groups excluding carboxylic acids is 1. The van der Waals surface area contributed by atoms with Crippen LogP contribution in [0.2, 0.25) is 0 Å². The molecule has 0 atom stereocenters. The maximum atomic E-state index is 12.3. The quantitative estimate of drug-likeness (QED) is 0.464. The minimum absolute atomic E-state index is 0.174. The summed E-state index contributed by atoms with van der Waals surface area (Å²) in [6, 6.07) is 17.7. The number of hydrogen-bond acceptors (Lipinski definition) is 6. The molecule has 1 aromatic heterocycles. The Balaban J connectivity index is 1.51. The zero-order chi connectivity index (χ0) is 22.8. The smallest absolute Gasteiger partial charge is 0.267 e. The minimum atomic E-state index is -0.347. The SMILES string of the molecule is CCOc1ccc(OCCNC(=O)Cn2nc(-c3ccc(OCC)cc3)ccc2=O)cc1. The minimum Gasteiger partial charge on any atom is -0.494 e. The second kappa shape index (κ2) is 11.5. The van der Waals surface area contributed by atoms with Gasteiger partial charge in [-0.15, -0.1) is 0 Å². The first-order valence-electron chi connectivity index (χ1n) is 10.5. The van der Waals surface area contributed by atoms with E-state index in [1.165, 1.54) is 6.07 Å². The van der Waals surface area contributed by atoms with Gasteiger partial charge in [-0.25, -0.2) is 4.68 Å². The van der Waals surface area contributed by atoms with Crippen LogP contribution in [-0.4, -0.2) is 42.1 Å². The monoisotopic (exact) mass is 437 g/mol. The lowest BCUT2D eigenvalue weighted by Gasteiger charge is -2.10. The van der Waals surface area contributed by atoms with E-state index in [1.807, 2.05) is 62.4 Å². The van der Waals surface area contributed by atoms with Gasteiger partial charge in [0.05, 0.1) is 25.5 Å². The molecule has 0 aliphatic heterocycles. The fourth-order valence-corrected chi connectivity index (χ4v) is 2.95. The number of benzene rings is 2. The summed E-state index contributed by atoms with van der Waals surface area (Å²) >= 11 is 0. The van der Waals surface area contributed by atoms with E-state index in [9.17, 15) is 9.59 Å². The van der Waals surface area contributed by atoms with Crippen LogP contribution in [0.3, 0.4) is 0 Å². The number of rotatable bonds is 11. The first-order valence-corrected chi connectivity index (χ1v) is 10.5. The van der Waals surface area contributed by atoms with Crippen molar-refractivity contribution in [1.82, 2.24) is 15.1 Å². The fraction of sp³-hybridized carbons (Fsp3) is 0.292. The lowest BCUT2D eigenvalue weighted by atomic mass is 10.1. The molecule has 0 aliphatic rings. The number of amides is 1. The highest BCUT2D eigenvalue weighted by molar-refractivity contribution is 5.75. The summed E-state index contributed by atoms with van der Waals surface area (Å²) in [6.07, 6.45) is 0. The first kappa shape index (κ1) is 22.9. The highest BCUT2D eigenvalue weighted by Crippen LogP contribution is 2.20. The van der Waals surface area contributed by atoms with Gasteiger partial charge in [0.25, 0.3) is 5.56 Å². The van der Waals surface area contributed by atoms with Crippen LogP contribution >= 0.6 is 0 Å². The molecule has 3 aromatic rings. The van der Waals surface area contributed by atoms with Crippen molar-refractivity contribution < 1.29 is 19.0 Å². The van der Waals surface area contributed by atoms with Crippen LogP contribution in [0.4, 0.5) is 0 Å². The molecule has 0 saturated carbocycles. The fourth-order valence-electron chi connectivity index (χ4n) is 2.95. The summed E-state index contributed by atoms with van der Waals surface area (Å²) in [4.78, 5) is 24.4. The van der Waals surface area contributed by atoms with Crippen molar-refractivity contribution in [2.24, 2.45) is 0 Å². The van der Waals surface area contributed by atoms with Gasteiger partial charge in [0, 0.05) is 11.6 Å². The molecule has 0 spiro atoms. The van der Waals surface area contributed by atoms with Crippen molar-refractivity contribution in [3.05, 3.63) is 71.0 Å². The van der Waals surface area contributed by atoms with Gasteiger partial charge in [0.15, 0.2) is 0 Å². The number of nitrogens with zero attached hydrogens (tertiary/aromatic N) is 2. The molecule has 168 valence electrons. The molecule has 0 fully saturated rings. The van der Waals surface area contributed by atoms with Gasteiger partial charge >= 0.3 is 0 Å². The maximum absolute atomic E-state index is 12.3. The maximum Gasteiger partial charge on any atom is 0.267 e. The largest absolute Gasteiger partial charge is 0.494 e. The summed E-state index contributed by atoms with van der Waals surface area (Å²) in [7, 11) is 0. The molecule has 1 heterocycles. The molecular formula is C24H27N3O5. The Bertz CT molecular complexity index is 1060. The van der Waals surface area contributed by atoms with Crippen LogP contribution in [0.15, 0.2) is 65.5 Å². The highest BCUT2D eigenvalue weighted by Gasteiger charge is 2.08. The van der Waals surface area contributed by atoms with Gasteiger partial charge in [-0.05, 0) is 68.4 Å². The van der Waals surface area contributed by atoms with Crippen molar-refractivity contribution in [3.63, 3.8) is 0 Å². The lowest BCUT2D eigenvalue weighted by Crippen LogP contribution is -2.35. The van der Waals surface area contributed by atoms with E-state index in [4.69, 9.17) is 14.2 Å². The van der Waals surface area contributed by atoms with Crippen LogP contribution < -0.4 is 25.1 Å². The molecule has 8 heteroatoms. The van der Waals surface area contributed by atoms with E-state index in [1.54, 1.807) is 6.07 Å². The van der Waals surface area contributed by atoms with Gasteiger partial charge in [0.2, 0.25) is 5.91 Å². The standard InChI is InChI=1S/C24H27N3O5/c1-3-30-19-7-5-18(6-8-19)22-13-14-24(29)27(26-22)17-23(28)25-15-16-32-21-11-9-20(10-12-21)31-4-2/h5-14H,3-4,15-17H2,1-2H3,(H,25,28). The molecule has 3 rings (SSSR count). The van der Waals surface area contributed by atoms with Crippen LogP contribution in [0.1, 0.15) is 13.8 Å². The van der Waals surface area contributed by atoms with E-state index in [2.05, 4.69) is 10.4 Å². The summed E-state index contributed by atoms with van der Waals surface area (Å²) in [6.45, 7) is 5.46. The second-order valence-corrected chi connectivity index (χ2v) is 6.77. The molecule has 1 amide bonds. The molecule has 0 radical (unpaired) electrons. The van der Waals surface area contributed by atoms with Crippen LogP contribution in [0, 0.1) is 0 Å². The molecule has 2 aromatic carbocycles. The van der Waals surface area contributed by atoms with E-state index in [0.717, 1.165) is 21.7 Å². The predicted molar refractivity (Wildman–Crippen MR) is 121 cm³/mol. The molecule has 0 saturated heterocycles. The van der Waals surface area contributed by atoms with E-state index in [0.29, 0.717) is 37.8 Å². The summed E-state index contributed by atoms with van der Waals surface area (Å²) < 4.78 is 17.6. The van der Waals surface area contributed by atoms with E-state index >= 15 is 0 Å². The van der Waals surface area contributed by atoms with Crippen LogP contribution in [0.5, 0.6) is 17.2 Å². The summed E-state index contributed by atoms with van der Waals surface area (Å²) in [5.74, 6) is 1.90. The zero-order valence-corrected chi connectivity index (χ0v) is 18.2. The third-order valence-corrected chi connectivity index (χ3v) is 4.45. The Morgan fingerprint density at radius 2 is 1.41 bits per heavy atom. The second-order valence-electron chi connectivity index (χ2n) is 6.77. The molecule has 0 aliphatic carbocycles. The van der Waals surface area contributed by atoms with Crippen molar-refractivity contribution in [2.45, 2.75) is 20.4 Å². The molecule has 0 unspecified atom stereocenters. The van der Waals surface area contributed by atoms with E-state index < -0.39 is 0 Å². The number of aromatic nitrogens is 2. The topological polar surface area (TPSA) is 91.7 Å². The van der Waals surface area contributed by atoms with Crippen molar-refractivity contribution in [3.8, 4) is 28.5 Å². The lowest BCUT2D eigenvalue weighted by molar-refractivity contribution is -0.122. The number of hydrogen-bond donors (Lipinski definition) is 1. The summed E-state index contributed by atoms with van der Waals surface area (Å²) in [5, 5.41) is 7.05. The van der Waals surface area contributed by atoms with Gasteiger partial charge in [-0.1, -0.05) is 0 Å². The predicted octanol–water partition coefficient (Wildman–Crippen LogP) is 2.90. The summed E-state index contributed by atoms with van der Waals surface area (Å²) in [5.41, 5.74) is 1.08. The average molecular weight is 437 g/mol. The Labute approximate surface area is 186 Å². The van der Waals surface area contributed by atoms with Crippen molar-refractivity contribution in [2.75, 3.05) is 26.4 Å². The van der Waals surface area contributed by atoms with Crippen molar-refractivity contribution >= 4 is 5.91 Å². The Morgan fingerprint density at radius 3 is 2.00 bits per heavy atom. The van der Waals surface area contributed by atoms with Crippen LogP contribution in [0.25, 0.3) is 11.3 Å². The number of nitrogens with one attached hydrogen (secondary N) is 1. The normalized spacial score (nSPS) is 10.4. The molecular weight excluding hydrogens is 410 g/mol. The molecule has 8 nitrogen and oxygen atoms in total. The van der Waals surface area contributed by atoms with Gasteiger partial charge < -0.3 is 19.5 Å². The van der Waals surface area contributed by atoms with Crippen molar-refractivity contribution in [1.29, 1.82) is 0 Å². The Kier molecular flexibility index (Phi) is 8.25. The van der Waals surface area contributed by atoms with Crippen LogP contribution in [-0.2, 0) is 11.3 Å². The molecule has 0 bridgehead atoms. The third-order valence-electron chi connectivity index (χ3n) is 4.45. The number of carbonyl (C=O) groups is 1. The van der Waals surface area contributed by atoms with Gasteiger partial charge in [-0.2, -0.15) is 5.10 Å². The third kappa shape index (κ3) is 6.60. The van der Waals surface area contributed by atoms with E-state index in [-0.39, 0.29) is 18.0 Å². The average Bonchev–Trinajstić information content (AvgIpc) is 2.80. The van der Waals surface area contributed by atoms with Gasteiger partial charge in [-0.3, -0.25) is 9.59 Å². The Hall–Kier alpha value is -3.81. The first-order chi connectivity index (χ1) is 15.6. The van der Waals surface area contributed by atoms with Gasteiger partial charge in [0.1, 0.15) is 30.4 Å². The number of ether oxygens (including phenoxy) is 3.